The molecular formula is C20H22N4O3. The molecule has 0 bridgehead atoms. The van der Waals surface area contributed by atoms with Gasteiger partial charge in [0.05, 0.1) is 5.52 Å². The third kappa shape index (κ3) is 4.32. The molecule has 3 aromatic rings. The molecule has 2 heterocycles. The molecular weight excluding hydrogens is 344 g/mol. The van der Waals surface area contributed by atoms with Crippen LogP contribution in [0.15, 0.2) is 48.7 Å². The number of hydrogen-bond acceptors (Lipinski definition) is 4. The lowest BCUT2D eigenvalue weighted by molar-refractivity contribution is 0.0937. The Balaban J connectivity index is 1.85. The van der Waals surface area contributed by atoms with Gasteiger partial charge in [0.2, 0.25) is 5.82 Å². The minimum atomic E-state index is -0.359. The summed E-state index contributed by atoms with van der Waals surface area (Å²) in [6, 6.07) is 12.9. The lowest BCUT2D eigenvalue weighted by atomic mass is 10.2. The Kier molecular flexibility index (Phi) is 5.83. The average Bonchev–Trinajstić information content (AvgIpc) is 3.05. The van der Waals surface area contributed by atoms with E-state index in [2.05, 4.69) is 15.6 Å². The fourth-order valence-electron chi connectivity index (χ4n) is 2.78. The number of aryl methyl sites for hydroxylation is 1. The van der Waals surface area contributed by atoms with Crippen molar-refractivity contribution in [1.82, 2.24) is 14.7 Å². The van der Waals surface area contributed by atoms with E-state index in [1.54, 1.807) is 35.9 Å². The first-order valence-electron chi connectivity index (χ1n) is 8.72. The summed E-state index contributed by atoms with van der Waals surface area (Å²) >= 11 is 0. The van der Waals surface area contributed by atoms with Crippen LogP contribution < -0.4 is 10.6 Å². The lowest BCUT2D eigenvalue weighted by Crippen LogP contribution is -2.27. The van der Waals surface area contributed by atoms with Crippen LogP contribution in [0, 0.1) is 6.92 Å². The van der Waals surface area contributed by atoms with Gasteiger partial charge in [-0.2, -0.15) is 0 Å². The zero-order valence-electron chi connectivity index (χ0n) is 15.4. The Labute approximate surface area is 157 Å². The molecule has 0 unspecified atom stereocenters. The molecule has 7 nitrogen and oxygen atoms in total. The summed E-state index contributed by atoms with van der Waals surface area (Å²) in [5.74, 6) is -0.512. The highest BCUT2D eigenvalue weighted by Crippen LogP contribution is 2.16. The first kappa shape index (κ1) is 18.6. The lowest BCUT2D eigenvalue weighted by Gasteiger charge is -2.04. The molecule has 0 saturated heterocycles. The highest BCUT2D eigenvalue weighted by atomic mass is 16.5. The van der Waals surface area contributed by atoms with Gasteiger partial charge in [-0.1, -0.05) is 18.2 Å². The third-order valence-electron chi connectivity index (χ3n) is 4.05. The normalized spacial score (nSPS) is 10.7. The maximum absolute atomic E-state index is 12.7. The summed E-state index contributed by atoms with van der Waals surface area (Å²) in [5.41, 5.74) is 2.50. The number of anilines is 1. The number of nitrogens with one attached hydrogen (secondary N) is 2. The molecule has 2 N–H and O–H groups in total. The van der Waals surface area contributed by atoms with E-state index < -0.39 is 0 Å². The zero-order valence-corrected chi connectivity index (χ0v) is 15.4. The SMILES string of the molecule is COCCCNC(=O)c1nc(C(=O)Nc2cccc(C)c2)c2ccccn12. The highest BCUT2D eigenvalue weighted by molar-refractivity contribution is 6.08. The van der Waals surface area contributed by atoms with Crippen LogP contribution in [0.5, 0.6) is 0 Å². The summed E-state index contributed by atoms with van der Waals surface area (Å²) < 4.78 is 6.60. The number of benzene rings is 1. The van der Waals surface area contributed by atoms with Crippen LogP contribution in [0.25, 0.3) is 5.52 Å². The fourth-order valence-corrected chi connectivity index (χ4v) is 2.78. The first-order valence-corrected chi connectivity index (χ1v) is 8.72. The Morgan fingerprint density at radius 1 is 1.15 bits per heavy atom. The molecule has 0 saturated carbocycles. The molecule has 3 rings (SSSR count). The molecule has 140 valence electrons. The van der Waals surface area contributed by atoms with Crippen molar-refractivity contribution in [3.05, 3.63) is 65.7 Å². The van der Waals surface area contributed by atoms with Gasteiger partial charge in [0.25, 0.3) is 11.8 Å². The van der Waals surface area contributed by atoms with E-state index in [1.807, 2.05) is 31.2 Å². The second-order valence-corrected chi connectivity index (χ2v) is 6.17. The molecule has 27 heavy (non-hydrogen) atoms. The second kappa shape index (κ2) is 8.46. The number of nitrogens with zero attached hydrogens (tertiary/aromatic N) is 2. The van der Waals surface area contributed by atoms with Gasteiger partial charge >= 0.3 is 0 Å². The number of methoxy groups -OCH3 is 1. The predicted octanol–water partition coefficient (Wildman–Crippen LogP) is 2.66. The van der Waals surface area contributed by atoms with Gasteiger partial charge in [-0.05, 0) is 43.2 Å². The van der Waals surface area contributed by atoms with Gasteiger partial charge in [-0.25, -0.2) is 4.98 Å². The van der Waals surface area contributed by atoms with Crippen molar-refractivity contribution < 1.29 is 14.3 Å². The van der Waals surface area contributed by atoms with Crippen molar-refractivity contribution in [2.45, 2.75) is 13.3 Å². The number of amides is 2. The van der Waals surface area contributed by atoms with Crippen LogP contribution in [-0.4, -0.2) is 41.5 Å². The Morgan fingerprint density at radius 3 is 2.78 bits per heavy atom. The molecule has 0 fully saturated rings. The molecule has 0 aliphatic rings. The van der Waals surface area contributed by atoms with Crippen molar-refractivity contribution in [3.63, 3.8) is 0 Å². The standard InChI is InChI=1S/C20H22N4O3/c1-14-7-5-8-15(13-14)22-19(25)17-16-9-3-4-11-24(16)18(23-17)20(26)21-10-6-12-27-2/h3-5,7-9,11,13H,6,10,12H2,1-2H3,(H,21,26)(H,22,25). The van der Waals surface area contributed by atoms with Crippen LogP contribution in [0.1, 0.15) is 33.1 Å². The number of carbonyl (C=O) groups excluding carboxylic acids is 2. The number of aromatic nitrogens is 2. The minimum Gasteiger partial charge on any atom is -0.385 e. The summed E-state index contributed by atoms with van der Waals surface area (Å²) in [4.78, 5) is 29.5. The largest absolute Gasteiger partial charge is 0.385 e. The van der Waals surface area contributed by atoms with Crippen molar-refractivity contribution >= 4 is 23.0 Å². The van der Waals surface area contributed by atoms with Gasteiger partial charge < -0.3 is 15.4 Å². The number of hydrogen-bond donors (Lipinski definition) is 2. The maximum Gasteiger partial charge on any atom is 0.287 e. The molecule has 2 aromatic heterocycles. The highest BCUT2D eigenvalue weighted by Gasteiger charge is 2.21. The molecule has 7 heteroatoms. The number of imidazole rings is 1. The minimum absolute atomic E-state index is 0.178. The van der Waals surface area contributed by atoms with Crippen molar-refractivity contribution in [2.75, 3.05) is 25.6 Å². The van der Waals surface area contributed by atoms with E-state index >= 15 is 0 Å². The van der Waals surface area contributed by atoms with Gasteiger partial charge in [0.15, 0.2) is 5.69 Å². The molecule has 0 atom stereocenters. The van der Waals surface area contributed by atoms with E-state index in [4.69, 9.17) is 4.74 Å². The van der Waals surface area contributed by atoms with Crippen LogP contribution in [0.3, 0.4) is 0 Å². The predicted molar refractivity (Wildman–Crippen MR) is 103 cm³/mol. The molecule has 0 radical (unpaired) electrons. The number of rotatable bonds is 7. The summed E-state index contributed by atoms with van der Waals surface area (Å²) in [6.45, 7) is 2.99. The first-order chi connectivity index (χ1) is 13.1. The molecule has 2 amide bonds. The van der Waals surface area contributed by atoms with Crippen molar-refractivity contribution in [3.8, 4) is 0 Å². The van der Waals surface area contributed by atoms with Crippen LogP contribution in [0.2, 0.25) is 0 Å². The fraction of sp³-hybridized carbons (Fsp3) is 0.250. The van der Waals surface area contributed by atoms with Gasteiger partial charge in [-0.15, -0.1) is 0 Å². The third-order valence-corrected chi connectivity index (χ3v) is 4.05. The average molecular weight is 366 g/mol. The molecule has 0 aliphatic heterocycles. The van der Waals surface area contributed by atoms with Crippen LogP contribution in [0.4, 0.5) is 5.69 Å². The van der Waals surface area contributed by atoms with Crippen LogP contribution >= 0.6 is 0 Å². The topological polar surface area (TPSA) is 84.7 Å². The smallest absolute Gasteiger partial charge is 0.287 e. The van der Waals surface area contributed by atoms with Crippen LogP contribution in [-0.2, 0) is 4.74 Å². The maximum atomic E-state index is 12.7. The number of fused-ring (bicyclic) bond motifs is 1. The Hall–Kier alpha value is -3.19. The van der Waals surface area contributed by atoms with E-state index in [1.165, 1.54) is 0 Å². The number of carbonyl (C=O) groups is 2. The van der Waals surface area contributed by atoms with Gasteiger partial charge in [-0.3, -0.25) is 14.0 Å². The second-order valence-electron chi connectivity index (χ2n) is 6.17. The number of ether oxygens (including phenoxy) is 1. The Bertz CT molecular complexity index is 965. The van der Waals surface area contributed by atoms with E-state index in [0.29, 0.717) is 30.8 Å². The Morgan fingerprint density at radius 2 is 2.00 bits per heavy atom. The molecule has 0 aliphatic carbocycles. The van der Waals surface area contributed by atoms with E-state index in [-0.39, 0.29) is 23.3 Å². The van der Waals surface area contributed by atoms with E-state index in [9.17, 15) is 9.59 Å². The summed E-state index contributed by atoms with van der Waals surface area (Å²) in [7, 11) is 1.61. The molecule has 1 aromatic carbocycles. The number of pyridine rings is 1. The van der Waals surface area contributed by atoms with Gasteiger partial charge in [0.1, 0.15) is 0 Å². The summed E-state index contributed by atoms with van der Waals surface area (Å²) in [5, 5.41) is 5.64. The van der Waals surface area contributed by atoms with Gasteiger partial charge in [0, 0.05) is 32.1 Å². The monoisotopic (exact) mass is 366 g/mol. The summed E-state index contributed by atoms with van der Waals surface area (Å²) in [6.07, 6.45) is 2.42. The zero-order chi connectivity index (χ0) is 19.2. The van der Waals surface area contributed by atoms with E-state index in [0.717, 1.165) is 5.56 Å². The van der Waals surface area contributed by atoms with Crippen molar-refractivity contribution in [2.24, 2.45) is 0 Å². The van der Waals surface area contributed by atoms with Crippen molar-refractivity contribution in [1.29, 1.82) is 0 Å². The quantitative estimate of drug-likeness (QED) is 0.630. The molecule has 0 spiro atoms.